The van der Waals surface area contributed by atoms with Gasteiger partial charge in [-0.15, -0.1) is 0 Å². The molecule has 0 unspecified atom stereocenters. The summed E-state index contributed by atoms with van der Waals surface area (Å²) in [5.41, 5.74) is 0. The van der Waals surface area contributed by atoms with Crippen LogP contribution in [0.3, 0.4) is 0 Å². The molecule has 3 heteroatoms. The minimum atomic E-state index is -0.399. The van der Waals surface area contributed by atoms with Crippen LogP contribution in [0.5, 0.6) is 0 Å². The third-order valence-corrected chi connectivity index (χ3v) is 2.68. The topological polar surface area (TPSA) is 16.1 Å². The van der Waals surface area contributed by atoms with Crippen LogP contribution >= 0.6 is 0 Å². The molecule has 0 radical (unpaired) electrons. The SMILES string of the molecule is CN(c1cccc(F)n1)C1CCC1. The van der Waals surface area contributed by atoms with Gasteiger partial charge in [0.05, 0.1) is 0 Å². The number of pyridine rings is 1. The van der Waals surface area contributed by atoms with Crippen LogP contribution in [0, 0.1) is 5.95 Å². The van der Waals surface area contributed by atoms with E-state index in [1.54, 1.807) is 6.07 Å². The predicted octanol–water partition coefficient (Wildman–Crippen LogP) is 2.21. The summed E-state index contributed by atoms with van der Waals surface area (Å²) in [6.07, 6.45) is 3.69. The van der Waals surface area contributed by atoms with E-state index in [0.717, 1.165) is 5.82 Å². The average molecular weight is 180 g/mol. The molecule has 0 spiro atoms. The van der Waals surface area contributed by atoms with Gasteiger partial charge in [0.25, 0.3) is 0 Å². The maximum Gasteiger partial charge on any atom is 0.214 e. The molecule has 0 bridgehead atoms. The van der Waals surface area contributed by atoms with Gasteiger partial charge in [-0.2, -0.15) is 4.39 Å². The van der Waals surface area contributed by atoms with Gasteiger partial charge in [0, 0.05) is 13.1 Å². The molecule has 1 aliphatic carbocycles. The van der Waals surface area contributed by atoms with E-state index in [4.69, 9.17) is 0 Å². The average Bonchev–Trinajstić information content (AvgIpc) is 2.01. The van der Waals surface area contributed by atoms with Crippen molar-refractivity contribution in [2.24, 2.45) is 0 Å². The second-order valence-electron chi connectivity index (χ2n) is 3.51. The van der Waals surface area contributed by atoms with Crippen molar-refractivity contribution in [2.75, 3.05) is 11.9 Å². The van der Waals surface area contributed by atoms with Gasteiger partial charge in [-0.05, 0) is 31.4 Å². The second-order valence-corrected chi connectivity index (χ2v) is 3.51. The van der Waals surface area contributed by atoms with Crippen molar-refractivity contribution in [1.29, 1.82) is 0 Å². The van der Waals surface area contributed by atoms with Crippen LogP contribution in [0.2, 0.25) is 0 Å². The molecule has 0 aliphatic heterocycles. The molecule has 70 valence electrons. The van der Waals surface area contributed by atoms with E-state index in [2.05, 4.69) is 9.88 Å². The highest BCUT2D eigenvalue weighted by Gasteiger charge is 2.22. The molecule has 0 N–H and O–H groups in total. The molecular formula is C10H13FN2. The first-order valence-corrected chi connectivity index (χ1v) is 4.63. The van der Waals surface area contributed by atoms with Gasteiger partial charge in [0.1, 0.15) is 5.82 Å². The van der Waals surface area contributed by atoms with Crippen LogP contribution < -0.4 is 4.90 Å². The highest BCUT2D eigenvalue weighted by Crippen LogP contribution is 2.26. The van der Waals surface area contributed by atoms with Crippen molar-refractivity contribution in [3.05, 3.63) is 24.1 Å². The fraction of sp³-hybridized carbons (Fsp3) is 0.500. The van der Waals surface area contributed by atoms with E-state index < -0.39 is 5.95 Å². The third-order valence-electron chi connectivity index (χ3n) is 2.68. The van der Waals surface area contributed by atoms with Crippen molar-refractivity contribution in [2.45, 2.75) is 25.3 Å². The Labute approximate surface area is 77.4 Å². The van der Waals surface area contributed by atoms with Gasteiger partial charge in [0.2, 0.25) is 5.95 Å². The van der Waals surface area contributed by atoms with Crippen LogP contribution in [0.4, 0.5) is 10.2 Å². The lowest BCUT2D eigenvalue weighted by Gasteiger charge is -2.35. The second kappa shape index (κ2) is 3.32. The first-order chi connectivity index (χ1) is 6.27. The quantitative estimate of drug-likeness (QED) is 0.649. The molecule has 1 aliphatic rings. The first kappa shape index (κ1) is 8.48. The van der Waals surface area contributed by atoms with E-state index in [1.807, 2.05) is 13.1 Å². The van der Waals surface area contributed by atoms with Gasteiger partial charge >= 0.3 is 0 Å². The van der Waals surface area contributed by atoms with E-state index in [1.165, 1.54) is 25.3 Å². The summed E-state index contributed by atoms with van der Waals surface area (Å²) in [5.74, 6) is 0.341. The number of nitrogens with zero attached hydrogens (tertiary/aromatic N) is 2. The first-order valence-electron chi connectivity index (χ1n) is 4.63. The monoisotopic (exact) mass is 180 g/mol. The van der Waals surface area contributed by atoms with Crippen LogP contribution in [0.25, 0.3) is 0 Å². The Morgan fingerprint density at radius 1 is 1.46 bits per heavy atom. The van der Waals surface area contributed by atoms with Crippen LogP contribution in [0.1, 0.15) is 19.3 Å². The largest absolute Gasteiger partial charge is 0.357 e. The molecule has 0 aromatic carbocycles. The number of hydrogen-bond donors (Lipinski definition) is 0. The molecule has 1 heterocycles. The van der Waals surface area contributed by atoms with Crippen molar-refractivity contribution < 1.29 is 4.39 Å². The summed E-state index contributed by atoms with van der Waals surface area (Å²) >= 11 is 0. The lowest BCUT2D eigenvalue weighted by Crippen LogP contribution is -2.37. The molecule has 0 amide bonds. The molecule has 1 aromatic rings. The summed E-state index contributed by atoms with van der Waals surface area (Å²) in [4.78, 5) is 5.90. The Morgan fingerprint density at radius 2 is 2.23 bits per heavy atom. The summed E-state index contributed by atoms with van der Waals surface area (Å²) in [5, 5.41) is 0. The molecule has 1 saturated carbocycles. The van der Waals surface area contributed by atoms with Crippen LogP contribution in [0.15, 0.2) is 18.2 Å². The molecule has 1 aromatic heterocycles. The van der Waals surface area contributed by atoms with Gasteiger partial charge in [-0.3, -0.25) is 0 Å². The molecule has 0 saturated heterocycles. The van der Waals surface area contributed by atoms with E-state index in [0.29, 0.717) is 6.04 Å². The third kappa shape index (κ3) is 1.64. The highest BCUT2D eigenvalue weighted by atomic mass is 19.1. The minimum absolute atomic E-state index is 0.399. The molecule has 2 rings (SSSR count). The van der Waals surface area contributed by atoms with Crippen molar-refractivity contribution in [1.82, 2.24) is 4.98 Å². The molecule has 2 nitrogen and oxygen atoms in total. The predicted molar refractivity (Wildman–Crippen MR) is 50.2 cm³/mol. The summed E-state index contributed by atoms with van der Waals surface area (Å²) in [7, 11) is 1.98. The Kier molecular flexibility index (Phi) is 2.17. The van der Waals surface area contributed by atoms with Crippen molar-refractivity contribution in [3.63, 3.8) is 0 Å². The minimum Gasteiger partial charge on any atom is -0.357 e. The summed E-state index contributed by atoms with van der Waals surface area (Å²) in [6.45, 7) is 0. The fourth-order valence-corrected chi connectivity index (χ4v) is 1.56. The number of hydrogen-bond acceptors (Lipinski definition) is 2. The van der Waals surface area contributed by atoms with E-state index in [-0.39, 0.29) is 0 Å². The molecule has 13 heavy (non-hydrogen) atoms. The Morgan fingerprint density at radius 3 is 2.77 bits per heavy atom. The summed E-state index contributed by atoms with van der Waals surface area (Å²) in [6, 6.07) is 5.49. The number of aromatic nitrogens is 1. The lowest BCUT2D eigenvalue weighted by molar-refractivity contribution is 0.398. The maximum absolute atomic E-state index is 12.8. The van der Waals surface area contributed by atoms with Crippen molar-refractivity contribution >= 4 is 5.82 Å². The Balaban J connectivity index is 2.14. The van der Waals surface area contributed by atoms with Gasteiger partial charge in [0.15, 0.2) is 0 Å². The van der Waals surface area contributed by atoms with Crippen LogP contribution in [-0.4, -0.2) is 18.1 Å². The standard InChI is InChI=1S/C10H13FN2/c1-13(8-4-2-5-8)10-7-3-6-9(11)12-10/h3,6-8H,2,4-5H2,1H3. The lowest BCUT2D eigenvalue weighted by atomic mass is 9.92. The number of anilines is 1. The zero-order valence-electron chi connectivity index (χ0n) is 7.70. The van der Waals surface area contributed by atoms with Gasteiger partial charge in [-0.1, -0.05) is 6.07 Å². The van der Waals surface area contributed by atoms with E-state index >= 15 is 0 Å². The number of halogens is 1. The molecular weight excluding hydrogens is 167 g/mol. The Bertz CT molecular complexity index is 297. The van der Waals surface area contributed by atoms with E-state index in [9.17, 15) is 4.39 Å². The van der Waals surface area contributed by atoms with Crippen molar-refractivity contribution in [3.8, 4) is 0 Å². The zero-order valence-corrected chi connectivity index (χ0v) is 7.70. The normalized spacial score (nSPS) is 16.8. The highest BCUT2D eigenvalue weighted by molar-refractivity contribution is 5.38. The number of rotatable bonds is 2. The smallest absolute Gasteiger partial charge is 0.214 e. The van der Waals surface area contributed by atoms with Gasteiger partial charge < -0.3 is 4.90 Å². The molecule has 0 atom stereocenters. The van der Waals surface area contributed by atoms with Gasteiger partial charge in [-0.25, -0.2) is 4.98 Å². The summed E-state index contributed by atoms with van der Waals surface area (Å²) < 4.78 is 12.8. The van der Waals surface area contributed by atoms with Crippen LogP contribution in [-0.2, 0) is 0 Å². The zero-order chi connectivity index (χ0) is 9.26. The fourth-order valence-electron chi connectivity index (χ4n) is 1.56. The Hall–Kier alpha value is -1.12. The maximum atomic E-state index is 12.8. The molecule has 1 fully saturated rings.